The first kappa shape index (κ1) is 12.3. The lowest BCUT2D eigenvalue weighted by Crippen LogP contribution is -2.24. The van der Waals surface area contributed by atoms with Crippen LogP contribution in [-0.2, 0) is 17.6 Å². The highest BCUT2D eigenvalue weighted by molar-refractivity contribution is 7.15. The minimum atomic E-state index is -0.100. The van der Waals surface area contributed by atoms with E-state index in [1.807, 2.05) is 6.20 Å². The summed E-state index contributed by atoms with van der Waals surface area (Å²) in [4.78, 5) is 17.8. The lowest BCUT2D eigenvalue weighted by atomic mass is 9.86. The molecule has 1 atom stereocenters. The second-order valence-electron chi connectivity index (χ2n) is 4.72. The highest BCUT2D eigenvalue weighted by Crippen LogP contribution is 2.31. The van der Waals surface area contributed by atoms with Crippen LogP contribution in [0, 0.1) is 0 Å². The second-order valence-corrected chi connectivity index (χ2v) is 5.84. The van der Waals surface area contributed by atoms with E-state index in [2.05, 4.69) is 27.4 Å². The molecule has 1 unspecified atom stereocenters. The third-order valence-corrected chi connectivity index (χ3v) is 4.55. The molecule has 0 fully saturated rings. The lowest BCUT2D eigenvalue weighted by molar-refractivity contribution is -0.117. The van der Waals surface area contributed by atoms with Gasteiger partial charge >= 0.3 is 0 Å². The predicted octanol–water partition coefficient (Wildman–Crippen LogP) is 2.49. The molecule has 3 rings (SSSR count). The molecule has 1 aliphatic rings. The van der Waals surface area contributed by atoms with Gasteiger partial charge in [0.1, 0.15) is 0 Å². The smallest absolute Gasteiger partial charge is 0.233 e. The Morgan fingerprint density at radius 3 is 3.26 bits per heavy atom. The number of rotatable bonds is 3. The Morgan fingerprint density at radius 1 is 1.58 bits per heavy atom. The molecule has 0 bridgehead atoms. The van der Waals surface area contributed by atoms with E-state index in [1.54, 1.807) is 17.5 Å². The number of fused-ring (bicyclic) bond motifs is 1. The molecular weight excluding hydrogens is 260 g/mol. The van der Waals surface area contributed by atoms with Crippen LogP contribution in [0.2, 0.25) is 0 Å². The number of carbonyl (C=O) groups excluding carboxylic acids is 1. The number of carbonyl (C=O) groups is 1. The second kappa shape index (κ2) is 5.13. The largest absolute Gasteiger partial charge is 0.301 e. The van der Waals surface area contributed by atoms with Crippen LogP contribution in [0.5, 0.6) is 0 Å². The number of aryl methyl sites for hydroxylation is 2. The van der Waals surface area contributed by atoms with Gasteiger partial charge in [-0.25, -0.2) is 4.98 Å². The van der Waals surface area contributed by atoms with Crippen molar-refractivity contribution in [3.8, 4) is 0 Å². The molecule has 1 aliphatic carbocycles. The molecule has 19 heavy (non-hydrogen) atoms. The minimum absolute atomic E-state index is 0.0272. The summed E-state index contributed by atoms with van der Waals surface area (Å²) in [6, 6.07) is 0. The molecular formula is C13H16N4OS. The predicted molar refractivity (Wildman–Crippen MR) is 74.4 cm³/mol. The number of hydrogen-bond acceptors (Lipinski definition) is 4. The first-order chi connectivity index (χ1) is 9.28. The van der Waals surface area contributed by atoms with Crippen LogP contribution in [0.25, 0.3) is 0 Å². The van der Waals surface area contributed by atoms with E-state index in [1.165, 1.54) is 4.88 Å². The number of H-pyrrole nitrogens is 1. The van der Waals surface area contributed by atoms with E-state index in [-0.39, 0.29) is 11.8 Å². The van der Waals surface area contributed by atoms with Crippen molar-refractivity contribution in [3.05, 3.63) is 28.5 Å². The van der Waals surface area contributed by atoms with Gasteiger partial charge in [0.05, 0.1) is 12.1 Å². The maximum Gasteiger partial charge on any atom is 0.233 e. The summed E-state index contributed by atoms with van der Waals surface area (Å²) >= 11 is 1.54. The molecule has 5 nitrogen and oxygen atoms in total. The average molecular weight is 276 g/mol. The fraction of sp³-hybridized carbons (Fsp3) is 0.462. The van der Waals surface area contributed by atoms with Gasteiger partial charge in [0, 0.05) is 22.3 Å². The Bertz CT molecular complexity index is 589. The molecule has 0 spiro atoms. The van der Waals surface area contributed by atoms with Crippen molar-refractivity contribution in [2.75, 3.05) is 5.32 Å². The van der Waals surface area contributed by atoms with E-state index in [0.717, 1.165) is 36.9 Å². The quantitative estimate of drug-likeness (QED) is 0.904. The number of aromatic nitrogens is 3. The zero-order valence-corrected chi connectivity index (χ0v) is 11.6. The Balaban J connectivity index is 1.75. The SMILES string of the molecule is CCc1cnc(NC(=O)C2CCCc3[nH]ncc32)s1. The van der Waals surface area contributed by atoms with Crippen LogP contribution in [-0.4, -0.2) is 21.1 Å². The third-order valence-electron chi connectivity index (χ3n) is 3.50. The molecule has 0 aromatic carbocycles. The van der Waals surface area contributed by atoms with Crippen LogP contribution in [0.1, 0.15) is 41.8 Å². The van der Waals surface area contributed by atoms with Gasteiger partial charge in [0.25, 0.3) is 0 Å². The lowest BCUT2D eigenvalue weighted by Gasteiger charge is -2.20. The van der Waals surface area contributed by atoms with Crippen LogP contribution < -0.4 is 5.32 Å². The van der Waals surface area contributed by atoms with E-state index < -0.39 is 0 Å². The summed E-state index contributed by atoms with van der Waals surface area (Å²) in [5.74, 6) is -0.0733. The van der Waals surface area contributed by atoms with E-state index in [9.17, 15) is 4.79 Å². The molecule has 6 heteroatoms. The van der Waals surface area contributed by atoms with Crippen molar-refractivity contribution in [1.82, 2.24) is 15.2 Å². The van der Waals surface area contributed by atoms with Crippen molar-refractivity contribution < 1.29 is 4.79 Å². The maximum atomic E-state index is 12.3. The van der Waals surface area contributed by atoms with Gasteiger partial charge in [-0.3, -0.25) is 9.89 Å². The van der Waals surface area contributed by atoms with Crippen molar-refractivity contribution in [1.29, 1.82) is 0 Å². The van der Waals surface area contributed by atoms with Crippen LogP contribution >= 0.6 is 11.3 Å². The van der Waals surface area contributed by atoms with Crippen LogP contribution in [0.3, 0.4) is 0 Å². The van der Waals surface area contributed by atoms with Gasteiger partial charge in [0.2, 0.25) is 5.91 Å². The topological polar surface area (TPSA) is 70.7 Å². The fourth-order valence-corrected chi connectivity index (χ4v) is 3.21. The highest BCUT2D eigenvalue weighted by Gasteiger charge is 2.28. The molecule has 2 aromatic heterocycles. The standard InChI is InChI=1S/C13H16N4OS/c1-2-8-6-14-13(19-8)16-12(18)9-4-3-5-11-10(9)7-15-17-11/h6-7,9H,2-5H2,1H3,(H,15,17)(H,14,16,18). The molecule has 100 valence electrons. The number of amides is 1. The molecule has 0 aliphatic heterocycles. The van der Waals surface area contributed by atoms with Gasteiger partial charge < -0.3 is 5.32 Å². The summed E-state index contributed by atoms with van der Waals surface area (Å²) in [5, 5.41) is 10.6. The van der Waals surface area contributed by atoms with Crippen LogP contribution in [0.15, 0.2) is 12.4 Å². The average Bonchev–Trinajstić information content (AvgIpc) is 3.05. The van der Waals surface area contributed by atoms with E-state index in [4.69, 9.17) is 0 Å². The van der Waals surface area contributed by atoms with Crippen LogP contribution in [0.4, 0.5) is 5.13 Å². The number of nitrogens with zero attached hydrogens (tertiary/aromatic N) is 2. The molecule has 0 saturated heterocycles. The zero-order chi connectivity index (χ0) is 13.2. The van der Waals surface area contributed by atoms with E-state index in [0.29, 0.717) is 5.13 Å². The first-order valence-corrected chi connectivity index (χ1v) is 7.37. The summed E-state index contributed by atoms with van der Waals surface area (Å²) in [5.41, 5.74) is 2.14. The maximum absolute atomic E-state index is 12.3. The fourth-order valence-electron chi connectivity index (χ4n) is 2.45. The number of hydrogen-bond donors (Lipinski definition) is 2. The zero-order valence-electron chi connectivity index (χ0n) is 10.8. The summed E-state index contributed by atoms with van der Waals surface area (Å²) in [6.07, 6.45) is 7.43. The Hall–Kier alpha value is -1.69. The van der Waals surface area contributed by atoms with Crippen molar-refractivity contribution in [2.24, 2.45) is 0 Å². The van der Waals surface area contributed by atoms with Gasteiger partial charge in [-0.1, -0.05) is 6.92 Å². The van der Waals surface area contributed by atoms with Crippen molar-refractivity contribution in [3.63, 3.8) is 0 Å². The first-order valence-electron chi connectivity index (χ1n) is 6.55. The molecule has 2 heterocycles. The Morgan fingerprint density at radius 2 is 2.47 bits per heavy atom. The highest BCUT2D eigenvalue weighted by atomic mass is 32.1. The van der Waals surface area contributed by atoms with Gasteiger partial charge in [0.15, 0.2) is 5.13 Å². The number of thiazole rings is 1. The molecule has 2 N–H and O–H groups in total. The molecule has 2 aromatic rings. The van der Waals surface area contributed by atoms with E-state index >= 15 is 0 Å². The summed E-state index contributed by atoms with van der Waals surface area (Å²) < 4.78 is 0. The van der Waals surface area contributed by atoms with Gasteiger partial charge in [-0.05, 0) is 25.7 Å². The van der Waals surface area contributed by atoms with Gasteiger partial charge in [-0.2, -0.15) is 5.10 Å². The number of aromatic amines is 1. The normalized spacial score (nSPS) is 18.1. The molecule has 0 saturated carbocycles. The van der Waals surface area contributed by atoms with Crippen molar-refractivity contribution in [2.45, 2.75) is 38.5 Å². The summed E-state index contributed by atoms with van der Waals surface area (Å²) in [7, 11) is 0. The summed E-state index contributed by atoms with van der Waals surface area (Å²) in [6.45, 7) is 2.08. The molecule has 0 radical (unpaired) electrons. The van der Waals surface area contributed by atoms with Gasteiger partial charge in [-0.15, -0.1) is 11.3 Å². The number of nitrogens with one attached hydrogen (secondary N) is 2. The monoisotopic (exact) mass is 276 g/mol. The Kier molecular flexibility index (Phi) is 3.33. The number of anilines is 1. The minimum Gasteiger partial charge on any atom is -0.301 e. The molecule has 1 amide bonds. The Labute approximate surface area is 115 Å². The third kappa shape index (κ3) is 2.40. The van der Waals surface area contributed by atoms with Crippen molar-refractivity contribution >= 4 is 22.4 Å².